The lowest BCUT2D eigenvalue weighted by atomic mass is 10.2. The van der Waals surface area contributed by atoms with Crippen molar-refractivity contribution in [1.82, 2.24) is 0 Å². The first-order chi connectivity index (χ1) is 7.08. The molecule has 0 aromatic heterocycles. The van der Waals surface area contributed by atoms with Gasteiger partial charge < -0.3 is 9.47 Å². The monoisotopic (exact) mass is 228 g/mol. The first kappa shape index (κ1) is 11.9. The minimum absolute atomic E-state index is 0.0135. The maximum absolute atomic E-state index is 10.7. The van der Waals surface area contributed by atoms with Gasteiger partial charge in [0.05, 0.1) is 18.2 Å². The molecule has 0 radical (unpaired) electrons. The van der Waals surface area contributed by atoms with Crippen LogP contribution in [0.2, 0.25) is 5.02 Å². The Morgan fingerprint density at radius 3 is 2.47 bits per heavy atom. The van der Waals surface area contributed by atoms with Crippen molar-refractivity contribution in [1.29, 1.82) is 0 Å². The average Bonchev–Trinajstić information content (AvgIpc) is 2.19. The molecule has 0 aliphatic rings. The molecule has 0 saturated heterocycles. The molecule has 0 spiro atoms. The Labute approximate surface area is 93.9 Å². The predicted octanol–water partition coefficient (Wildman–Crippen LogP) is 2.95. The summed E-state index contributed by atoms with van der Waals surface area (Å²) in [6.07, 6.45) is 0.703. The van der Waals surface area contributed by atoms with Crippen LogP contribution in [-0.2, 0) is 0 Å². The number of hydrogen-bond acceptors (Lipinski definition) is 3. The number of carbonyl (C=O) groups excluding carboxylic acids is 1. The summed E-state index contributed by atoms with van der Waals surface area (Å²) in [5.41, 5.74) is 0.396. The SMILES string of the molecule is COc1cc(Cl)c(C=O)cc1OC(C)C. The first-order valence-electron chi connectivity index (χ1n) is 4.57. The summed E-state index contributed by atoms with van der Waals surface area (Å²) in [4.78, 5) is 10.7. The molecule has 1 aromatic carbocycles. The molecule has 1 rings (SSSR count). The normalized spacial score (nSPS) is 10.2. The molecule has 0 saturated carbocycles. The van der Waals surface area contributed by atoms with E-state index in [2.05, 4.69) is 0 Å². The summed E-state index contributed by atoms with van der Waals surface area (Å²) in [6, 6.07) is 3.15. The highest BCUT2D eigenvalue weighted by atomic mass is 35.5. The van der Waals surface area contributed by atoms with Crippen LogP contribution in [0.15, 0.2) is 12.1 Å². The van der Waals surface area contributed by atoms with Crippen LogP contribution in [0.4, 0.5) is 0 Å². The molecule has 0 aliphatic carbocycles. The molecule has 0 amide bonds. The second-order valence-corrected chi connectivity index (χ2v) is 3.72. The van der Waals surface area contributed by atoms with E-state index in [9.17, 15) is 4.79 Å². The van der Waals surface area contributed by atoms with Crippen molar-refractivity contribution in [3.8, 4) is 11.5 Å². The smallest absolute Gasteiger partial charge is 0.162 e. The van der Waals surface area contributed by atoms with Crippen LogP contribution in [-0.4, -0.2) is 19.5 Å². The zero-order valence-electron chi connectivity index (χ0n) is 8.91. The van der Waals surface area contributed by atoms with E-state index in [1.165, 1.54) is 7.11 Å². The summed E-state index contributed by atoms with van der Waals surface area (Å²) in [5, 5.41) is 0.359. The van der Waals surface area contributed by atoms with Gasteiger partial charge >= 0.3 is 0 Å². The van der Waals surface area contributed by atoms with Crippen molar-refractivity contribution in [2.75, 3.05) is 7.11 Å². The summed E-state index contributed by atoms with van der Waals surface area (Å²) < 4.78 is 10.6. The summed E-state index contributed by atoms with van der Waals surface area (Å²) in [7, 11) is 1.53. The fourth-order valence-corrected chi connectivity index (χ4v) is 1.34. The van der Waals surface area contributed by atoms with Crippen molar-refractivity contribution >= 4 is 17.9 Å². The van der Waals surface area contributed by atoms with Gasteiger partial charge in [-0.15, -0.1) is 0 Å². The number of rotatable bonds is 4. The number of halogens is 1. The standard InChI is InChI=1S/C11H13ClO3/c1-7(2)15-11-4-8(6-13)9(12)5-10(11)14-3/h4-7H,1-3H3. The molecule has 0 aliphatic heterocycles. The van der Waals surface area contributed by atoms with Gasteiger partial charge in [0, 0.05) is 11.6 Å². The minimum atomic E-state index is 0.0135. The van der Waals surface area contributed by atoms with Gasteiger partial charge in [-0.1, -0.05) is 11.6 Å². The molecule has 15 heavy (non-hydrogen) atoms. The lowest BCUT2D eigenvalue weighted by molar-refractivity contribution is 0.112. The lowest BCUT2D eigenvalue weighted by Gasteiger charge is -2.14. The maximum Gasteiger partial charge on any atom is 0.162 e. The molecule has 0 unspecified atom stereocenters. The Morgan fingerprint density at radius 2 is 2.00 bits per heavy atom. The van der Waals surface area contributed by atoms with Gasteiger partial charge in [-0.05, 0) is 19.9 Å². The second-order valence-electron chi connectivity index (χ2n) is 3.31. The Morgan fingerprint density at radius 1 is 1.33 bits per heavy atom. The third kappa shape index (κ3) is 2.86. The van der Waals surface area contributed by atoms with Crippen LogP contribution < -0.4 is 9.47 Å². The maximum atomic E-state index is 10.7. The average molecular weight is 229 g/mol. The van der Waals surface area contributed by atoms with Crippen LogP contribution >= 0.6 is 11.6 Å². The van der Waals surface area contributed by atoms with E-state index in [1.807, 2.05) is 13.8 Å². The fourth-order valence-electron chi connectivity index (χ4n) is 1.15. The molecule has 1 aromatic rings. The molecule has 0 heterocycles. The number of hydrogen-bond donors (Lipinski definition) is 0. The molecule has 0 N–H and O–H groups in total. The van der Waals surface area contributed by atoms with E-state index < -0.39 is 0 Å². The molecule has 0 atom stereocenters. The first-order valence-corrected chi connectivity index (χ1v) is 4.95. The van der Waals surface area contributed by atoms with Crippen LogP contribution in [0.1, 0.15) is 24.2 Å². The van der Waals surface area contributed by atoms with Crippen molar-refractivity contribution in [3.05, 3.63) is 22.7 Å². The molecule has 82 valence electrons. The third-order valence-corrected chi connectivity index (χ3v) is 2.10. The second kappa shape index (κ2) is 5.03. The van der Waals surface area contributed by atoms with Gasteiger partial charge in [0.25, 0.3) is 0 Å². The number of ether oxygens (including phenoxy) is 2. The van der Waals surface area contributed by atoms with Crippen LogP contribution in [0.5, 0.6) is 11.5 Å². The summed E-state index contributed by atoms with van der Waals surface area (Å²) in [6.45, 7) is 3.79. The minimum Gasteiger partial charge on any atom is -0.493 e. The number of aldehydes is 1. The summed E-state index contributed by atoms with van der Waals surface area (Å²) >= 11 is 5.85. The van der Waals surface area contributed by atoms with E-state index in [1.54, 1.807) is 12.1 Å². The van der Waals surface area contributed by atoms with Gasteiger partial charge in [0.15, 0.2) is 17.8 Å². The Hall–Kier alpha value is -1.22. The van der Waals surface area contributed by atoms with E-state index in [4.69, 9.17) is 21.1 Å². The lowest BCUT2D eigenvalue weighted by Crippen LogP contribution is -2.07. The van der Waals surface area contributed by atoms with Gasteiger partial charge in [0.2, 0.25) is 0 Å². The van der Waals surface area contributed by atoms with Gasteiger partial charge in [0.1, 0.15) is 0 Å². The van der Waals surface area contributed by atoms with E-state index in [0.717, 1.165) is 0 Å². The fraction of sp³-hybridized carbons (Fsp3) is 0.364. The molecule has 4 heteroatoms. The number of carbonyl (C=O) groups is 1. The molecule has 0 bridgehead atoms. The number of methoxy groups -OCH3 is 1. The third-order valence-electron chi connectivity index (χ3n) is 1.77. The van der Waals surface area contributed by atoms with E-state index >= 15 is 0 Å². The highest BCUT2D eigenvalue weighted by Crippen LogP contribution is 2.33. The van der Waals surface area contributed by atoms with Gasteiger partial charge in [-0.2, -0.15) is 0 Å². The van der Waals surface area contributed by atoms with E-state index in [0.29, 0.717) is 28.4 Å². The van der Waals surface area contributed by atoms with Crippen molar-refractivity contribution < 1.29 is 14.3 Å². The molecular weight excluding hydrogens is 216 g/mol. The summed E-state index contributed by atoms with van der Waals surface area (Å²) in [5.74, 6) is 1.05. The zero-order chi connectivity index (χ0) is 11.4. The highest BCUT2D eigenvalue weighted by molar-refractivity contribution is 6.33. The largest absolute Gasteiger partial charge is 0.493 e. The Bertz CT molecular complexity index is 361. The van der Waals surface area contributed by atoms with Gasteiger partial charge in [-0.3, -0.25) is 4.79 Å². The Balaban J connectivity index is 3.16. The van der Waals surface area contributed by atoms with Crippen molar-refractivity contribution in [3.63, 3.8) is 0 Å². The van der Waals surface area contributed by atoms with Crippen LogP contribution in [0.3, 0.4) is 0 Å². The van der Waals surface area contributed by atoms with Crippen molar-refractivity contribution in [2.24, 2.45) is 0 Å². The molecule has 0 fully saturated rings. The van der Waals surface area contributed by atoms with Crippen LogP contribution in [0, 0.1) is 0 Å². The zero-order valence-corrected chi connectivity index (χ0v) is 9.67. The van der Waals surface area contributed by atoms with Crippen molar-refractivity contribution in [2.45, 2.75) is 20.0 Å². The number of benzene rings is 1. The molecular formula is C11H13ClO3. The topological polar surface area (TPSA) is 35.5 Å². The molecule has 3 nitrogen and oxygen atoms in total. The predicted molar refractivity (Wildman–Crippen MR) is 59.2 cm³/mol. The highest BCUT2D eigenvalue weighted by Gasteiger charge is 2.11. The van der Waals surface area contributed by atoms with Gasteiger partial charge in [-0.25, -0.2) is 0 Å². The van der Waals surface area contributed by atoms with E-state index in [-0.39, 0.29) is 6.10 Å². The quantitative estimate of drug-likeness (QED) is 0.744. The Kier molecular flexibility index (Phi) is 3.97. The van der Waals surface area contributed by atoms with Crippen LogP contribution in [0.25, 0.3) is 0 Å².